The van der Waals surface area contributed by atoms with E-state index in [-0.39, 0.29) is 31.9 Å². The SMILES string of the molecule is CNC(=O)C(O)(N1C(=O)c2cccc(OC(C)(O)c3ccc(C(O)(O)N4CCOCC4)cc3F)c2C1(O)O)C(O)(O)C(O)(O)C=O. The summed E-state index contributed by atoms with van der Waals surface area (Å²) in [6, 6.07) is 5.50. The molecule has 0 saturated carbocycles. The predicted octanol–water partition coefficient (Wildman–Crippen LogP) is -4.96. The largest absolute Gasteiger partial charge is 0.458 e. The lowest BCUT2D eigenvalue weighted by Crippen LogP contribution is -2.81. The van der Waals surface area contributed by atoms with Crippen molar-refractivity contribution < 1.29 is 79.3 Å². The van der Waals surface area contributed by atoms with Crippen LogP contribution in [0.5, 0.6) is 5.75 Å². The van der Waals surface area contributed by atoms with Crippen LogP contribution >= 0.6 is 0 Å². The van der Waals surface area contributed by atoms with Crippen LogP contribution in [0, 0.1) is 5.82 Å². The van der Waals surface area contributed by atoms with E-state index in [0.717, 1.165) is 44.3 Å². The molecular weight excluding hydrogens is 625 g/mol. The van der Waals surface area contributed by atoms with Crippen molar-refractivity contribution in [2.45, 2.75) is 41.8 Å². The maximum atomic E-state index is 15.4. The molecule has 0 spiro atoms. The summed E-state index contributed by atoms with van der Waals surface area (Å²) in [5.41, 5.74) is -7.31. The molecule has 4 rings (SSSR count). The van der Waals surface area contributed by atoms with Crippen LogP contribution < -0.4 is 10.1 Å². The van der Waals surface area contributed by atoms with Crippen LogP contribution in [0.3, 0.4) is 0 Å². The van der Waals surface area contributed by atoms with Crippen molar-refractivity contribution in [3.05, 3.63) is 64.5 Å². The Balaban J connectivity index is 1.77. The molecule has 46 heavy (non-hydrogen) atoms. The highest BCUT2D eigenvalue weighted by atomic mass is 19.1. The number of rotatable bonds is 10. The quantitative estimate of drug-likeness (QED) is 0.0843. The zero-order valence-electron chi connectivity index (χ0n) is 24.2. The van der Waals surface area contributed by atoms with Crippen LogP contribution in [0.2, 0.25) is 0 Å². The molecule has 11 N–H and O–H groups in total. The van der Waals surface area contributed by atoms with Crippen molar-refractivity contribution in [1.29, 1.82) is 0 Å². The van der Waals surface area contributed by atoms with E-state index in [1.54, 1.807) is 5.32 Å². The Morgan fingerprint density at radius 3 is 2.20 bits per heavy atom. The van der Waals surface area contributed by atoms with Gasteiger partial charge in [-0.05, 0) is 24.3 Å². The molecule has 0 bridgehead atoms. The van der Waals surface area contributed by atoms with E-state index in [4.69, 9.17) is 9.47 Å². The number of amides is 2. The Hall–Kier alpha value is -3.70. The van der Waals surface area contributed by atoms with E-state index < -0.39 is 86.2 Å². The Labute approximate surface area is 258 Å². The van der Waals surface area contributed by atoms with Crippen LogP contribution in [0.4, 0.5) is 4.39 Å². The fourth-order valence-corrected chi connectivity index (χ4v) is 5.24. The number of halogens is 1. The molecule has 2 aromatic rings. The topological polar surface area (TPSA) is 290 Å². The number of likely N-dealkylation sites (N-methyl/N-ethyl adjacent to an activating group) is 1. The average Bonchev–Trinajstić information content (AvgIpc) is 3.21. The number of aliphatic hydroxyl groups is 10. The molecule has 2 unspecified atom stereocenters. The van der Waals surface area contributed by atoms with E-state index >= 15 is 4.39 Å². The Morgan fingerprint density at radius 1 is 1.04 bits per heavy atom. The van der Waals surface area contributed by atoms with Gasteiger partial charge in [0.1, 0.15) is 11.6 Å². The first-order chi connectivity index (χ1) is 21.1. The number of carbonyl (C=O) groups excluding carboxylic acids is 3. The van der Waals surface area contributed by atoms with Gasteiger partial charge in [-0.15, -0.1) is 0 Å². The summed E-state index contributed by atoms with van der Waals surface area (Å²) >= 11 is 0. The minimum atomic E-state index is -4.75. The molecule has 2 amide bonds. The van der Waals surface area contributed by atoms with Crippen molar-refractivity contribution in [2.75, 3.05) is 33.4 Å². The summed E-state index contributed by atoms with van der Waals surface area (Å²) in [7, 11) is 0.759. The molecule has 0 aliphatic carbocycles. The van der Waals surface area contributed by atoms with Gasteiger partial charge in [0.25, 0.3) is 40.9 Å². The second-order valence-corrected chi connectivity index (χ2v) is 10.7. The first-order valence-electron chi connectivity index (χ1n) is 13.4. The Kier molecular flexibility index (Phi) is 8.81. The van der Waals surface area contributed by atoms with Crippen molar-refractivity contribution in [2.24, 2.45) is 0 Å². The smallest absolute Gasteiger partial charge is 0.287 e. The maximum Gasteiger partial charge on any atom is 0.287 e. The maximum absolute atomic E-state index is 15.4. The molecular formula is C27H32FN3O15. The fraction of sp³-hybridized carbons (Fsp3) is 0.444. The molecule has 252 valence electrons. The van der Waals surface area contributed by atoms with E-state index in [0.29, 0.717) is 6.07 Å². The molecule has 2 atom stereocenters. The van der Waals surface area contributed by atoms with Gasteiger partial charge in [0, 0.05) is 32.6 Å². The molecule has 2 aliphatic heterocycles. The number of ether oxygens (including phenoxy) is 2. The number of nitrogens with zero attached hydrogens (tertiary/aromatic N) is 2. The van der Waals surface area contributed by atoms with Crippen molar-refractivity contribution >= 4 is 18.1 Å². The normalized spacial score (nSPS) is 20.0. The lowest BCUT2D eigenvalue weighted by Gasteiger charge is -2.48. The number of fused-ring (bicyclic) bond motifs is 1. The van der Waals surface area contributed by atoms with Crippen LogP contribution in [0.25, 0.3) is 0 Å². The first kappa shape index (κ1) is 35.2. The zero-order chi connectivity index (χ0) is 34.7. The van der Waals surface area contributed by atoms with Gasteiger partial charge in [0.15, 0.2) is 6.29 Å². The third-order valence-electron chi connectivity index (χ3n) is 7.75. The fourth-order valence-electron chi connectivity index (χ4n) is 5.24. The first-order valence-corrected chi connectivity index (χ1v) is 13.4. The second-order valence-electron chi connectivity index (χ2n) is 10.7. The summed E-state index contributed by atoms with van der Waals surface area (Å²) in [6.45, 7) is 1.45. The molecule has 2 aliphatic rings. The third-order valence-corrected chi connectivity index (χ3v) is 7.75. The number of nitrogens with one attached hydrogen (secondary N) is 1. The second kappa shape index (κ2) is 11.5. The standard InChI is InChI=1S/C27H32FN3O15/c1-22(35,16-7-6-14(12-17(16)28)25(39,40)30-8-10-45-11-9-30)46-18-5-3-4-15-19(18)26(41,42)31(20(15)33)24(38,21(34)29-2)27(43,44)23(36,37)13-32/h3-7,12-13,35-44H,8-11H2,1-2H3,(H,29,34). The lowest BCUT2D eigenvalue weighted by atomic mass is 9.91. The van der Waals surface area contributed by atoms with Gasteiger partial charge in [-0.3, -0.25) is 14.4 Å². The zero-order valence-corrected chi connectivity index (χ0v) is 24.2. The van der Waals surface area contributed by atoms with Crippen molar-refractivity contribution in [3.63, 3.8) is 0 Å². The molecule has 1 fully saturated rings. The van der Waals surface area contributed by atoms with E-state index in [2.05, 4.69) is 0 Å². The minimum Gasteiger partial charge on any atom is -0.458 e. The molecule has 0 aromatic heterocycles. The monoisotopic (exact) mass is 657 g/mol. The van der Waals surface area contributed by atoms with E-state index in [1.165, 1.54) is 4.90 Å². The number of aldehydes is 1. The van der Waals surface area contributed by atoms with Gasteiger partial charge >= 0.3 is 0 Å². The predicted molar refractivity (Wildman–Crippen MR) is 143 cm³/mol. The highest BCUT2D eigenvalue weighted by Gasteiger charge is 2.75. The van der Waals surface area contributed by atoms with Gasteiger partial charge in [0.2, 0.25) is 5.79 Å². The summed E-state index contributed by atoms with van der Waals surface area (Å²) in [5.74, 6) is -24.4. The van der Waals surface area contributed by atoms with Gasteiger partial charge in [0.05, 0.1) is 29.9 Å². The van der Waals surface area contributed by atoms with Crippen LogP contribution in [-0.2, 0) is 31.9 Å². The molecule has 0 radical (unpaired) electrons. The van der Waals surface area contributed by atoms with Crippen LogP contribution in [0.1, 0.15) is 34.0 Å². The number of hydrogen-bond donors (Lipinski definition) is 11. The summed E-state index contributed by atoms with van der Waals surface area (Å²) in [6.07, 6.45) is -0.935. The highest BCUT2D eigenvalue weighted by Crippen LogP contribution is 2.48. The van der Waals surface area contributed by atoms with Gasteiger partial charge in [-0.1, -0.05) is 12.1 Å². The number of morpholine rings is 1. The Bertz CT molecular complexity index is 1540. The number of benzene rings is 2. The highest BCUT2D eigenvalue weighted by molar-refractivity contribution is 6.04. The third kappa shape index (κ3) is 5.21. The Morgan fingerprint density at radius 2 is 1.65 bits per heavy atom. The molecule has 19 heteroatoms. The summed E-state index contributed by atoms with van der Waals surface area (Å²) in [5, 5.41) is 108. The van der Waals surface area contributed by atoms with Crippen molar-refractivity contribution in [1.82, 2.24) is 15.1 Å². The summed E-state index contributed by atoms with van der Waals surface area (Å²) in [4.78, 5) is 37.9. The van der Waals surface area contributed by atoms with Crippen LogP contribution in [0.15, 0.2) is 36.4 Å². The number of carbonyl (C=O) groups is 3. The van der Waals surface area contributed by atoms with Gasteiger partial charge in [-0.2, -0.15) is 0 Å². The minimum absolute atomic E-state index is 0.103. The molecule has 2 heterocycles. The van der Waals surface area contributed by atoms with Crippen LogP contribution in [-0.4, -0.2) is 130 Å². The molecule has 18 nitrogen and oxygen atoms in total. The van der Waals surface area contributed by atoms with Gasteiger partial charge in [-0.25, -0.2) is 14.2 Å². The number of hydrogen-bond acceptors (Lipinski definition) is 16. The van der Waals surface area contributed by atoms with E-state index in [1.807, 2.05) is 0 Å². The van der Waals surface area contributed by atoms with E-state index in [9.17, 15) is 65.4 Å². The molecule has 2 aromatic carbocycles. The average molecular weight is 658 g/mol. The van der Waals surface area contributed by atoms with Crippen molar-refractivity contribution in [3.8, 4) is 5.75 Å². The summed E-state index contributed by atoms with van der Waals surface area (Å²) < 4.78 is 26.0. The lowest BCUT2D eigenvalue weighted by molar-refractivity contribution is -0.426. The van der Waals surface area contributed by atoms with Gasteiger partial charge < -0.3 is 65.9 Å². The molecule has 1 saturated heterocycles.